The second kappa shape index (κ2) is 5.38. The summed E-state index contributed by atoms with van der Waals surface area (Å²) in [5.41, 5.74) is 0.985. The SMILES string of the molecule is O=C(NCC1(C2CC2)CC1)NC(Cc1cnc[nH]1)C(=O)O. The minimum Gasteiger partial charge on any atom is -0.480 e. The molecule has 0 spiro atoms. The molecule has 2 fully saturated rings. The zero-order valence-electron chi connectivity index (χ0n) is 11.8. The fourth-order valence-electron chi connectivity index (χ4n) is 2.87. The molecule has 114 valence electrons. The maximum atomic E-state index is 11.9. The van der Waals surface area contributed by atoms with E-state index in [4.69, 9.17) is 0 Å². The average molecular weight is 292 g/mol. The van der Waals surface area contributed by atoms with Crippen LogP contribution >= 0.6 is 0 Å². The van der Waals surface area contributed by atoms with Crippen molar-refractivity contribution in [2.24, 2.45) is 11.3 Å². The summed E-state index contributed by atoms with van der Waals surface area (Å²) in [6, 6.07) is -1.37. The number of hydrogen-bond acceptors (Lipinski definition) is 3. The minimum atomic E-state index is -1.05. The molecule has 2 amide bonds. The number of aromatic nitrogens is 2. The molecule has 7 heteroatoms. The summed E-state index contributed by atoms with van der Waals surface area (Å²) < 4.78 is 0. The highest BCUT2D eigenvalue weighted by Gasteiger charge is 2.53. The number of imidazole rings is 1. The van der Waals surface area contributed by atoms with Gasteiger partial charge in [-0.05, 0) is 37.0 Å². The van der Waals surface area contributed by atoms with Gasteiger partial charge < -0.3 is 20.7 Å². The smallest absolute Gasteiger partial charge is 0.326 e. The largest absolute Gasteiger partial charge is 0.480 e. The molecule has 1 aromatic heterocycles. The molecule has 2 aliphatic carbocycles. The van der Waals surface area contributed by atoms with Gasteiger partial charge in [0.1, 0.15) is 6.04 Å². The molecular weight excluding hydrogens is 272 g/mol. The summed E-state index contributed by atoms with van der Waals surface area (Å²) in [4.78, 5) is 29.8. The van der Waals surface area contributed by atoms with Gasteiger partial charge >= 0.3 is 12.0 Å². The lowest BCUT2D eigenvalue weighted by molar-refractivity contribution is -0.139. The molecule has 1 atom stereocenters. The predicted octanol–water partition coefficient (Wildman–Crippen LogP) is 0.895. The Hall–Kier alpha value is -2.05. The molecule has 4 N–H and O–H groups in total. The van der Waals surface area contributed by atoms with Crippen LogP contribution in [0.4, 0.5) is 4.79 Å². The fourth-order valence-corrected chi connectivity index (χ4v) is 2.87. The van der Waals surface area contributed by atoms with Crippen LogP contribution in [0.15, 0.2) is 12.5 Å². The summed E-state index contributed by atoms with van der Waals surface area (Å²) in [6.07, 6.45) is 8.11. The highest BCUT2D eigenvalue weighted by Crippen LogP contribution is 2.60. The lowest BCUT2D eigenvalue weighted by atomic mass is 10.0. The minimum absolute atomic E-state index is 0.191. The van der Waals surface area contributed by atoms with E-state index in [0.29, 0.717) is 17.7 Å². The number of H-pyrrole nitrogens is 1. The van der Waals surface area contributed by atoms with E-state index < -0.39 is 18.0 Å². The van der Waals surface area contributed by atoms with Crippen molar-refractivity contribution in [2.75, 3.05) is 6.54 Å². The van der Waals surface area contributed by atoms with Crippen molar-refractivity contribution < 1.29 is 14.7 Å². The topological polar surface area (TPSA) is 107 Å². The maximum Gasteiger partial charge on any atom is 0.326 e. The number of carboxylic acid groups (broad SMARTS) is 1. The predicted molar refractivity (Wildman–Crippen MR) is 74.6 cm³/mol. The van der Waals surface area contributed by atoms with Crippen molar-refractivity contribution in [3.63, 3.8) is 0 Å². The number of aliphatic carboxylic acids is 1. The molecule has 1 heterocycles. The van der Waals surface area contributed by atoms with E-state index in [0.717, 1.165) is 5.92 Å². The van der Waals surface area contributed by atoms with Gasteiger partial charge in [0.15, 0.2) is 0 Å². The van der Waals surface area contributed by atoms with E-state index >= 15 is 0 Å². The van der Waals surface area contributed by atoms with Gasteiger partial charge in [-0.2, -0.15) is 0 Å². The van der Waals surface area contributed by atoms with Crippen molar-refractivity contribution in [1.82, 2.24) is 20.6 Å². The average Bonchev–Trinajstić information content (AvgIpc) is 3.35. The first kappa shape index (κ1) is 13.9. The number of amides is 2. The van der Waals surface area contributed by atoms with Crippen LogP contribution in [0.1, 0.15) is 31.4 Å². The highest BCUT2D eigenvalue weighted by atomic mass is 16.4. The van der Waals surface area contributed by atoms with Gasteiger partial charge in [0.2, 0.25) is 0 Å². The summed E-state index contributed by atoms with van der Waals surface area (Å²) in [6.45, 7) is 0.653. The van der Waals surface area contributed by atoms with Crippen LogP contribution in [0.2, 0.25) is 0 Å². The molecule has 2 aliphatic rings. The Labute approximate surface area is 122 Å². The molecule has 0 aromatic carbocycles. The Bertz CT molecular complexity index is 520. The monoisotopic (exact) mass is 292 g/mol. The first-order chi connectivity index (χ1) is 10.1. The van der Waals surface area contributed by atoms with Crippen LogP contribution in [-0.2, 0) is 11.2 Å². The number of nitrogens with zero attached hydrogens (tertiary/aromatic N) is 1. The van der Waals surface area contributed by atoms with Crippen LogP contribution in [-0.4, -0.2) is 39.7 Å². The third-order valence-electron chi connectivity index (χ3n) is 4.52. The third-order valence-corrected chi connectivity index (χ3v) is 4.52. The summed E-state index contributed by atoms with van der Waals surface area (Å²) in [5.74, 6) is -0.291. The van der Waals surface area contributed by atoms with E-state index in [-0.39, 0.29) is 6.42 Å². The Morgan fingerprint density at radius 3 is 2.76 bits per heavy atom. The van der Waals surface area contributed by atoms with E-state index in [9.17, 15) is 14.7 Å². The zero-order chi connectivity index (χ0) is 14.9. The first-order valence-electron chi connectivity index (χ1n) is 7.33. The number of urea groups is 1. The molecule has 1 aromatic rings. The number of carboxylic acids is 1. The Morgan fingerprint density at radius 1 is 1.48 bits per heavy atom. The molecule has 1 unspecified atom stereocenters. The molecule has 3 rings (SSSR count). The van der Waals surface area contributed by atoms with Crippen molar-refractivity contribution in [3.8, 4) is 0 Å². The molecule has 0 saturated heterocycles. The molecule has 2 saturated carbocycles. The van der Waals surface area contributed by atoms with Gasteiger partial charge in [-0.25, -0.2) is 14.6 Å². The van der Waals surface area contributed by atoms with Crippen molar-refractivity contribution >= 4 is 12.0 Å². The van der Waals surface area contributed by atoms with Gasteiger partial charge in [-0.3, -0.25) is 0 Å². The van der Waals surface area contributed by atoms with Crippen molar-refractivity contribution in [2.45, 2.75) is 38.1 Å². The summed E-state index contributed by atoms with van der Waals surface area (Å²) in [7, 11) is 0. The number of aromatic amines is 1. The standard InChI is InChI=1S/C14H20N4O3/c19-12(20)11(5-10-6-15-8-17-10)18-13(21)16-7-14(3-4-14)9-1-2-9/h6,8-9,11H,1-5,7H2,(H,15,17)(H,19,20)(H2,16,18,21). The fraction of sp³-hybridized carbons (Fsp3) is 0.643. The van der Waals surface area contributed by atoms with Crippen LogP contribution in [0.3, 0.4) is 0 Å². The number of rotatable bonds is 7. The van der Waals surface area contributed by atoms with Crippen molar-refractivity contribution in [3.05, 3.63) is 18.2 Å². The van der Waals surface area contributed by atoms with Gasteiger partial charge in [-0.15, -0.1) is 0 Å². The highest BCUT2D eigenvalue weighted by molar-refractivity contribution is 5.82. The van der Waals surface area contributed by atoms with Gasteiger partial charge in [0.05, 0.1) is 6.33 Å². The molecule has 0 radical (unpaired) electrons. The van der Waals surface area contributed by atoms with E-state index in [2.05, 4.69) is 20.6 Å². The maximum absolute atomic E-state index is 11.9. The normalized spacial score (nSPS) is 20.6. The zero-order valence-corrected chi connectivity index (χ0v) is 11.8. The van der Waals surface area contributed by atoms with E-state index in [1.54, 1.807) is 6.20 Å². The van der Waals surface area contributed by atoms with Gasteiger partial charge in [0, 0.05) is 24.9 Å². The quantitative estimate of drug-likeness (QED) is 0.598. The lowest BCUT2D eigenvalue weighted by Crippen LogP contribution is -2.48. The second-order valence-corrected chi connectivity index (χ2v) is 6.14. The molecule has 0 aliphatic heterocycles. The summed E-state index contributed by atoms with van der Waals surface area (Å²) in [5, 5.41) is 14.5. The van der Waals surface area contributed by atoms with Crippen LogP contribution in [0.25, 0.3) is 0 Å². The van der Waals surface area contributed by atoms with Gasteiger partial charge in [-0.1, -0.05) is 0 Å². The van der Waals surface area contributed by atoms with E-state index in [1.807, 2.05) is 0 Å². The number of carbonyl (C=O) groups is 2. The number of carbonyl (C=O) groups excluding carboxylic acids is 1. The molecular formula is C14H20N4O3. The molecule has 0 bridgehead atoms. The second-order valence-electron chi connectivity index (χ2n) is 6.14. The summed E-state index contributed by atoms with van der Waals surface area (Å²) >= 11 is 0. The Morgan fingerprint density at radius 2 is 2.24 bits per heavy atom. The number of nitrogens with one attached hydrogen (secondary N) is 3. The Kier molecular flexibility index (Phi) is 3.57. The number of hydrogen-bond donors (Lipinski definition) is 4. The van der Waals surface area contributed by atoms with E-state index in [1.165, 1.54) is 32.0 Å². The molecule has 21 heavy (non-hydrogen) atoms. The van der Waals surface area contributed by atoms with Gasteiger partial charge in [0.25, 0.3) is 0 Å². The molecule has 7 nitrogen and oxygen atoms in total. The van der Waals surface area contributed by atoms with Crippen LogP contribution in [0, 0.1) is 11.3 Å². The third kappa shape index (κ3) is 3.34. The Balaban J connectivity index is 1.48. The van der Waals surface area contributed by atoms with Crippen molar-refractivity contribution in [1.29, 1.82) is 0 Å². The lowest BCUT2D eigenvalue weighted by Gasteiger charge is -2.18. The van der Waals surface area contributed by atoms with Crippen LogP contribution in [0.5, 0.6) is 0 Å². The first-order valence-corrected chi connectivity index (χ1v) is 7.33. The van der Waals surface area contributed by atoms with Crippen LogP contribution < -0.4 is 10.6 Å².